The average molecular weight is 191 g/mol. The van der Waals surface area contributed by atoms with E-state index in [4.69, 9.17) is 5.73 Å². The predicted molar refractivity (Wildman–Crippen MR) is 64.9 cm³/mol. The molecule has 0 atom stereocenters. The van der Waals surface area contributed by atoms with Crippen molar-refractivity contribution < 1.29 is 0 Å². The molecule has 14 heavy (non-hydrogen) atoms. The molecule has 78 valence electrons. The van der Waals surface area contributed by atoms with Crippen LogP contribution in [0.5, 0.6) is 0 Å². The standard InChI is InChI=1S/C13H21N/c1-6-10(3)13(11(4)7-2)12(5)8-9-14/h7-9H,3,6,14H2,1-2,4-5H3/b9-8-,11-7-,13-12+. The zero-order valence-electron chi connectivity index (χ0n) is 9.72. The van der Waals surface area contributed by atoms with Crippen LogP contribution in [0.25, 0.3) is 0 Å². The maximum Gasteiger partial charge on any atom is -0.00595 e. The molecular formula is C13H21N. The minimum Gasteiger partial charge on any atom is -0.405 e. The van der Waals surface area contributed by atoms with Crippen LogP contribution in [0.3, 0.4) is 0 Å². The average Bonchev–Trinajstić information content (AvgIpc) is 2.17. The molecule has 0 aromatic carbocycles. The van der Waals surface area contributed by atoms with Crippen molar-refractivity contribution in [1.82, 2.24) is 0 Å². The number of hydrogen-bond donors (Lipinski definition) is 1. The van der Waals surface area contributed by atoms with Crippen molar-refractivity contribution in [2.24, 2.45) is 5.73 Å². The van der Waals surface area contributed by atoms with E-state index < -0.39 is 0 Å². The highest BCUT2D eigenvalue weighted by molar-refractivity contribution is 5.49. The van der Waals surface area contributed by atoms with Crippen LogP contribution in [0.1, 0.15) is 34.1 Å². The first-order chi connectivity index (χ1) is 6.58. The van der Waals surface area contributed by atoms with Crippen molar-refractivity contribution in [3.63, 3.8) is 0 Å². The van der Waals surface area contributed by atoms with Crippen molar-refractivity contribution >= 4 is 0 Å². The lowest BCUT2D eigenvalue weighted by molar-refractivity contribution is 1.10. The van der Waals surface area contributed by atoms with Crippen molar-refractivity contribution in [3.8, 4) is 0 Å². The van der Waals surface area contributed by atoms with E-state index in [1.165, 1.54) is 16.7 Å². The Morgan fingerprint density at radius 2 is 1.93 bits per heavy atom. The Labute approximate surface area is 87.7 Å². The first-order valence-electron chi connectivity index (χ1n) is 4.99. The Morgan fingerprint density at radius 1 is 1.36 bits per heavy atom. The van der Waals surface area contributed by atoms with Crippen LogP contribution in [0.15, 0.2) is 47.2 Å². The molecule has 0 saturated heterocycles. The van der Waals surface area contributed by atoms with E-state index in [0.717, 1.165) is 12.0 Å². The fraction of sp³-hybridized carbons (Fsp3) is 0.385. The van der Waals surface area contributed by atoms with Gasteiger partial charge in [-0.3, -0.25) is 0 Å². The third-order valence-electron chi connectivity index (χ3n) is 2.35. The molecule has 2 N–H and O–H groups in total. The van der Waals surface area contributed by atoms with Gasteiger partial charge in [0.1, 0.15) is 0 Å². The first kappa shape index (κ1) is 12.8. The summed E-state index contributed by atoms with van der Waals surface area (Å²) in [5.74, 6) is 0. The fourth-order valence-electron chi connectivity index (χ4n) is 1.42. The van der Waals surface area contributed by atoms with Crippen LogP contribution in [-0.2, 0) is 0 Å². The molecule has 0 unspecified atom stereocenters. The van der Waals surface area contributed by atoms with Crippen LogP contribution < -0.4 is 5.73 Å². The third-order valence-corrected chi connectivity index (χ3v) is 2.35. The summed E-state index contributed by atoms with van der Waals surface area (Å²) in [4.78, 5) is 0. The first-order valence-corrected chi connectivity index (χ1v) is 4.99. The lowest BCUT2D eigenvalue weighted by atomic mass is 9.93. The monoisotopic (exact) mass is 191 g/mol. The second-order valence-corrected chi connectivity index (χ2v) is 3.35. The van der Waals surface area contributed by atoms with Crippen LogP contribution >= 0.6 is 0 Å². The third kappa shape index (κ3) is 3.25. The summed E-state index contributed by atoms with van der Waals surface area (Å²) >= 11 is 0. The molecule has 0 heterocycles. The lowest BCUT2D eigenvalue weighted by Crippen LogP contribution is -1.94. The molecule has 1 heteroatoms. The SMILES string of the molecule is C=C(CC)C(/C(C)=C\C)=C(C)\C=C/N. The lowest BCUT2D eigenvalue weighted by Gasteiger charge is -2.12. The highest BCUT2D eigenvalue weighted by Gasteiger charge is 2.05. The van der Waals surface area contributed by atoms with E-state index in [2.05, 4.69) is 33.4 Å². The van der Waals surface area contributed by atoms with Crippen LogP contribution in [0.2, 0.25) is 0 Å². The molecule has 0 aliphatic rings. The molecule has 0 aliphatic carbocycles. The van der Waals surface area contributed by atoms with Gasteiger partial charge < -0.3 is 5.73 Å². The van der Waals surface area contributed by atoms with Gasteiger partial charge in [-0.05, 0) is 61.8 Å². The van der Waals surface area contributed by atoms with Gasteiger partial charge >= 0.3 is 0 Å². The van der Waals surface area contributed by atoms with Crippen molar-refractivity contribution in [3.05, 3.63) is 47.2 Å². The van der Waals surface area contributed by atoms with E-state index in [9.17, 15) is 0 Å². The van der Waals surface area contributed by atoms with E-state index >= 15 is 0 Å². The van der Waals surface area contributed by atoms with Gasteiger partial charge in [-0.15, -0.1) is 0 Å². The minimum atomic E-state index is 0.969. The molecule has 0 aromatic heterocycles. The van der Waals surface area contributed by atoms with E-state index in [1.807, 2.05) is 13.0 Å². The van der Waals surface area contributed by atoms with Crippen LogP contribution in [0.4, 0.5) is 0 Å². The van der Waals surface area contributed by atoms with Gasteiger partial charge in [-0.1, -0.05) is 19.6 Å². The Balaban J connectivity index is 5.30. The van der Waals surface area contributed by atoms with Gasteiger partial charge in [-0.25, -0.2) is 0 Å². The summed E-state index contributed by atoms with van der Waals surface area (Å²) in [5, 5.41) is 0. The predicted octanol–water partition coefficient (Wildman–Crippen LogP) is 3.71. The van der Waals surface area contributed by atoms with E-state index in [-0.39, 0.29) is 0 Å². The summed E-state index contributed by atoms with van der Waals surface area (Å²) in [6, 6.07) is 0. The Hall–Kier alpha value is -1.24. The van der Waals surface area contributed by atoms with Crippen molar-refractivity contribution in [1.29, 1.82) is 0 Å². The van der Waals surface area contributed by atoms with Gasteiger partial charge in [0.2, 0.25) is 0 Å². The van der Waals surface area contributed by atoms with E-state index in [1.54, 1.807) is 6.20 Å². The minimum absolute atomic E-state index is 0.969. The maximum atomic E-state index is 5.39. The van der Waals surface area contributed by atoms with Crippen LogP contribution in [-0.4, -0.2) is 0 Å². The molecule has 0 spiro atoms. The summed E-state index contributed by atoms with van der Waals surface area (Å²) < 4.78 is 0. The molecule has 1 nitrogen and oxygen atoms in total. The molecule has 0 rings (SSSR count). The number of allylic oxidation sites excluding steroid dienone is 6. The Kier molecular flexibility index (Phi) is 5.70. The maximum absolute atomic E-state index is 5.39. The highest BCUT2D eigenvalue weighted by atomic mass is 14.5. The molecule has 0 aromatic rings. The van der Waals surface area contributed by atoms with E-state index in [0.29, 0.717) is 0 Å². The van der Waals surface area contributed by atoms with Gasteiger partial charge in [0.25, 0.3) is 0 Å². The van der Waals surface area contributed by atoms with Gasteiger partial charge in [-0.2, -0.15) is 0 Å². The number of rotatable bonds is 4. The van der Waals surface area contributed by atoms with Gasteiger partial charge in [0.15, 0.2) is 0 Å². The molecule has 0 bridgehead atoms. The van der Waals surface area contributed by atoms with Crippen molar-refractivity contribution in [2.45, 2.75) is 34.1 Å². The quantitative estimate of drug-likeness (QED) is 0.673. The number of nitrogens with two attached hydrogens (primary N) is 1. The highest BCUT2D eigenvalue weighted by Crippen LogP contribution is 2.24. The number of hydrogen-bond acceptors (Lipinski definition) is 1. The normalized spacial score (nSPS) is 14.4. The molecule has 0 saturated carbocycles. The molecule has 0 aliphatic heterocycles. The Morgan fingerprint density at radius 3 is 2.29 bits per heavy atom. The summed E-state index contributed by atoms with van der Waals surface area (Å²) in [7, 11) is 0. The second-order valence-electron chi connectivity index (χ2n) is 3.35. The molecule has 0 radical (unpaired) electrons. The largest absolute Gasteiger partial charge is 0.405 e. The molecular weight excluding hydrogens is 170 g/mol. The van der Waals surface area contributed by atoms with Crippen molar-refractivity contribution in [2.75, 3.05) is 0 Å². The van der Waals surface area contributed by atoms with Gasteiger partial charge in [0, 0.05) is 0 Å². The second kappa shape index (κ2) is 6.25. The summed E-state index contributed by atoms with van der Waals surface area (Å²) in [5.41, 5.74) is 10.2. The smallest absolute Gasteiger partial charge is 0.00595 e. The topological polar surface area (TPSA) is 26.0 Å². The summed E-state index contributed by atoms with van der Waals surface area (Å²) in [6.45, 7) is 12.4. The fourth-order valence-corrected chi connectivity index (χ4v) is 1.42. The zero-order chi connectivity index (χ0) is 11.1. The zero-order valence-corrected chi connectivity index (χ0v) is 9.72. The van der Waals surface area contributed by atoms with Crippen LogP contribution in [0, 0.1) is 0 Å². The molecule has 0 fully saturated rings. The van der Waals surface area contributed by atoms with Gasteiger partial charge in [0.05, 0.1) is 0 Å². The Bertz CT molecular complexity index is 290. The summed E-state index contributed by atoms with van der Waals surface area (Å²) in [6.07, 6.45) is 6.56. The molecule has 0 amide bonds.